The zero-order chi connectivity index (χ0) is 26.7. The molecular formula is C27H27N3O6S. The molecule has 0 radical (unpaired) electrons. The maximum absolute atomic E-state index is 13.7. The molecule has 10 heteroatoms. The second-order valence-electron chi connectivity index (χ2n) is 8.89. The Labute approximate surface area is 217 Å². The summed E-state index contributed by atoms with van der Waals surface area (Å²) in [5.41, 5.74) is 1.21. The Kier molecular flexibility index (Phi) is 7.68. The predicted molar refractivity (Wildman–Crippen MR) is 140 cm³/mol. The van der Waals surface area contributed by atoms with Crippen LogP contribution in [0.15, 0.2) is 69.6 Å². The summed E-state index contributed by atoms with van der Waals surface area (Å²) in [5, 5.41) is 11.5. The number of carbonyl (C=O) groups excluding carboxylic acids is 1. The van der Waals surface area contributed by atoms with Gasteiger partial charge in [-0.05, 0) is 49.6 Å². The van der Waals surface area contributed by atoms with Gasteiger partial charge in [0.25, 0.3) is 11.2 Å². The van der Waals surface area contributed by atoms with Crippen molar-refractivity contribution in [2.45, 2.75) is 33.7 Å². The number of allylic oxidation sites excluding steroid dienone is 1. The summed E-state index contributed by atoms with van der Waals surface area (Å²) in [6.07, 6.45) is 1.49. The summed E-state index contributed by atoms with van der Waals surface area (Å²) in [4.78, 5) is 42.9. The molecule has 192 valence electrons. The van der Waals surface area contributed by atoms with Gasteiger partial charge in [-0.3, -0.25) is 19.5 Å². The SMILES string of the molecule is CCOc1ccc(C2C(C(=O)OCC(C)C)=C(C)N=c3sc(=Cc4ccccc4[N+](=O)[O-])c(=O)n32)cc1. The molecule has 9 nitrogen and oxygen atoms in total. The fraction of sp³-hybridized carbons (Fsp3) is 0.296. The minimum absolute atomic E-state index is 0.106. The van der Waals surface area contributed by atoms with E-state index in [4.69, 9.17) is 9.47 Å². The highest BCUT2D eigenvalue weighted by molar-refractivity contribution is 7.07. The van der Waals surface area contributed by atoms with Crippen molar-refractivity contribution in [3.05, 3.63) is 101 Å². The van der Waals surface area contributed by atoms with E-state index in [1.807, 2.05) is 32.9 Å². The molecule has 1 aliphatic heterocycles. The number of aromatic nitrogens is 1. The molecule has 0 N–H and O–H groups in total. The van der Waals surface area contributed by atoms with Gasteiger partial charge in [0.1, 0.15) is 5.75 Å². The fourth-order valence-corrected chi connectivity index (χ4v) is 5.09. The number of esters is 1. The molecule has 1 aliphatic rings. The number of para-hydroxylation sites is 1. The van der Waals surface area contributed by atoms with E-state index < -0.39 is 22.5 Å². The number of fused-ring (bicyclic) bond motifs is 1. The van der Waals surface area contributed by atoms with E-state index >= 15 is 0 Å². The smallest absolute Gasteiger partial charge is 0.338 e. The second-order valence-corrected chi connectivity index (χ2v) is 9.90. The van der Waals surface area contributed by atoms with Gasteiger partial charge in [-0.25, -0.2) is 9.79 Å². The Morgan fingerprint density at radius 1 is 1.22 bits per heavy atom. The highest BCUT2D eigenvalue weighted by Gasteiger charge is 2.33. The van der Waals surface area contributed by atoms with Gasteiger partial charge in [-0.15, -0.1) is 0 Å². The Balaban J connectivity index is 1.91. The molecule has 37 heavy (non-hydrogen) atoms. The van der Waals surface area contributed by atoms with E-state index in [0.717, 1.165) is 11.3 Å². The van der Waals surface area contributed by atoms with Gasteiger partial charge in [0.2, 0.25) is 0 Å². The van der Waals surface area contributed by atoms with E-state index in [9.17, 15) is 19.7 Å². The molecule has 0 bridgehead atoms. The number of thiazole rings is 1. The second kappa shape index (κ2) is 10.9. The average molecular weight is 522 g/mol. The van der Waals surface area contributed by atoms with Gasteiger partial charge < -0.3 is 9.47 Å². The molecule has 0 saturated heterocycles. The molecule has 2 heterocycles. The first-order valence-corrected chi connectivity index (χ1v) is 12.7. The molecule has 0 saturated carbocycles. The lowest BCUT2D eigenvalue weighted by molar-refractivity contribution is -0.385. The molecule has 1 atom stereocenters. The number of benzene rings is 2. The van der Waals surface area contributed by atoms with Crippen molar-refractivity contribution < 1.29 is 19.2 Å². The number of hydrogen-bond acceptors (Lipinski definition) is 8. The summed E-state index contributed by atoms with van der Waals surface area (Å²) in [7, 11) is 0. The molecule has 3 aromatic rings. The number of nitrogens with zero attached hydrogens (tertiary/aromatic N) is 3. The highest BCUT2D eigenvalue weighted by atomic mass is 32.1. The first kappa shape index (κ1) is 26.0. The van der Waals surface area contributed by atoms with Crippen LogP contribution in [-0.4, -0.2) is 28.7 Å². The summed E-state index contributed by atoms with van der Waals surface area (Å²) in [6, 6.07) is 12.6. The van der Waals surface area contributed by atoms with Crippen molar-refractivity contribution in [2.24, 2.45) is 10.9 Å². The minimum atomic E-state index is -0.778. The predicted octanol–water partition coefficient (Wildman–Crippen LogP) is 3.74. The third-order valence-electron chi connectivity index (χ3n) is 5.72. The normalized spacial score (nSPS) is 15.4. The lowest BCUT2D eigenvalue weighted by atomic mass is 9.96. The number of ether oxygens (including phenoxy) is 2. The van der Waals surface area contributed by atoms with Crippen LogP contribution >= 0.6 is 11.3 Å². The van der Waals surface area contributed by atoms with Crippen LogP contribution in [0, 0.1) is 16.0 Å². The Hall–Kier alpha value is -4.05. The quantitative estimate of drug-likeness (QED) is 0.254. The zero-order valence-corrected chi connectivity index (χ0v) is 21.8. The van der Waals surface area contributed by atoms with Crippen molar-refractivity contribution in [1.82, 2.24) is 4.57 Å². The van der Waals surface area contributed by atoms with Gasteiger partial charge in [-0.1, -0.05) is 49.4 Å². The van der Waals surface area contributed by atoms with Gasteiger partial charge >= 0.3 is 5.97 Å². The van der Waals surface area contributed by atoms with Crippen LogP contribution in [0.5, 0.6) is 5.75 Å². The molecule has 2 aromatic carbocycles. The number of hydrogen-bond donors (Lipinski definition) is 0. The van der Waals surface area contributed by atoms with Gasteiger partial charge in [0.05, 0.1) is 45.5 Å². The molecular weight excluding hydrogens is 494 g/mol. The van der Waals surface area contributed by atoms with Crippen LogP contribution in [0.1, 0.15) is 44.9 Å². The topological polar surface area (TPSA) is 113 Å². The molecule has 4 rings (SSSR count). The van der Waals surface area contributed by atoms with Crippen LogP contribution < -0.4 is 19.6 Å². The highest BCUT2D eigenvalue weighted by Crippen LogP contribution is 2.32. The fourth-order valence-electron chi connectivity index (χ4n) is 4.05. The van der Waals surface area contributed by atoms with Gasteiger partial charge in [0, 0.05) is 6.07 Å². The number of nitro groups is 1. The molecule has 0 spiro atoms. The van der Waals surface area contributed by atoms with Crippen LogP contribution in [0.25, 0.3) is 6.08 Å². The standard InChI is InChI=1S/C27H27N3O6S/c1-5-35-20-12-10-18(11-13-20)24-23(26(32)36-15-16(2)3)17(4)28-27-29(24)25(31)22(37-27)14-19-8-6-7-9-21(19)30(33)34/h6-14,16,24H,5,15H2,1-4H3. The van der Waals surface area contributed by atoms with Crippen LogP contribution in [-0.2, 0) is 9.53 Å². The van der Waals surface area contributed by atoms with Crippen LogP contribution in [0.2, 0.25) is 0 Å². The lowest BCUT2D eigenvalue weighted by Gasteiger charge is -2.25. The average Bonchev–Trinajstić information content (AvgIpc) is 3.17. The van der Waals surface area contributed by atoms with Crippen molar-refractivity contribution in [3.63, 3.8) is 0 Å². The van der Waals surface area contributed by atoms with Gasteiger partial charge in [0.15, 0.2) is 4.80 Å². The van der Waals surface area contributed by atoms with Crippen molar-refractivity contribution >= 4 is 29.1 Å². The van der Waals surface area contributed by atoms with Crippen molar-refractivity contribution in [1.29, 1.82) is 0 Å². The number of rotatable bonds is 8. The van der Waals surface area contributed by atoms with E-state index in [1.165, 1.54) is 16.7 Å². The van der Waals surface area contributed by atoms with E-state index in [1.54, 1.807) is 37.3 Å². The molecule has 0 amide bonds. The zero-order valence-electron chi connectivity index (χ0n) is 21.0. The first-order valence-electron chi connectivity index (χ1n) is 11.9. The van der Waals surface area contributed by atoms with Crippen LogP contribution in [0.4, 0.5) is 5.69 Å². The third kappa shape index (κ3) is 5.39. The Morgan fingerprint density at radius 3 is 2.57 bits per heavy atom. The largest absolute Gasteiger partial charge is 0.494 e. The summed E-state index contributed by atoms with van der Waals surface area (Å²) in [5.74, 6) is 0.262. The monoisotopic (exact) mass is 521 g/mol. The minimum Gasteiger partial charge on any atom is -0.494 e. The maximum atomic E-state index is 13.7. The summed E-state index contributed by atoms with van der Waals surface area (Å²) in [6.45, 7) is 8.22. The van der Waals surface area contributed by atoms with E-state index in [0.29, 0.717) is 34.0 Å². The molecule has 0 aliphatic carbocycles. The molecule has 1 unspecified atom stereocenters. The number of carbonyl (C=O) groups is 1. The van der Waals surface area contributed by atoms with Crippen molar-refractivity contribution in [3.8, 4) is 5.75 Å². The third-order valence-corrected chi connectivity index (χ3v) is 6.70. The van der Waals surface area contributed by atoms with E-state index in [2.05, 4.69) is 4.99 Å². The van der Waals surface area contributed by atoms with Crippen LogP contribution in [0.3, 0.4) is 0 Å². The first-order chi connectivity index (χ1) is 17.7. The molecule has 1 aromatic heterocycles. The summed E-state index contributed by atoms with van der Waals surface area (Å²) >= 11 is 1.12. The Morgan fingerprint density at radius 2 is 1.92 bits per heavy atom. The maximum Gasteiger partial charge on any atom is 0.338 e. The van der Waals surface area contributed by atoms with E-state index in [-0.39, 0.29) is 28.3 Å². The lowest BCUT2D eigenvalue weighted by Crippen LogP contribution is -2.40. The van der Waals surface area contributed by atoms with Gasteiger partial charge in [-0.2, -0.15) is 0 Å². The number of nitro benzene ring substituents is 1. The Bertz CT molecular complexity index is 1550. The summed E-state index contributed by atoms with van der Waals surface area (Å²) < 4.78 is 12.8. The molecule has 0 fully saturated rings. The van der Waals surface area contributed by atoms with Crippen molar-refractivity contribution in [2.75, 3.05) is 13.2 Å².